The van der Waals surface area contributed by atoms with Crippen molar-refractivity contribution in [2.24, 2.45) is 9.98 Å². The van der Waals surface area contributed by atoms with Gasteiger partial charge in [0, 0.05) is 22.7 Å². The molecule has 182 valence electrons. The van der Waals surface area contributed by atoms with Crippen LogP contribution in [0.2, 0.25) is 5.02 Å². The van der Waals surface area contributed by atoms with E-state index in [0.717, 1.165) is 44.4 Å². The van der Waals surface area contributed by atoms with Crippen molar-refractivity contribution in [3.05, 3.63) is 137 Å². The molecule has 0 saturated carbocycles. The average Bonchev–Trinajstić information content (AvgIpc) is 3.38. The lowest BCUT2D eigenvalue weighted by atomic mass is 10.00. The SMILES string of the molecule is Clc1cccc2c1oc1nccc(-c3ccc(C4=NC(c5ccccc5)=NC(c5ccccc5)N4)cc3)c12. The highest BCUT2D eigenvalue weighted by molar-refractivity contribution is 6.36. The minimum absolute atomic E-state index is 0.236. The molecule has 0 aliphatic carbocycles. The van der Waals surface area contributed by atoms with Gasteiger partial charge >= 0.3 is 0 Å². The number of aliphatic imine (C=N–C) groups is 2. The predicted molar refractivity (Wildman–Crippen MR) is 154 cm³/mol. The number of amidine groups is 2. The third-order valence-corrected chi connectivity index (χ3v) is 7.01. The van der Waals surface area contributed by atoms with Gasteiger partial charge in [0.15, 0.2) is 11.4 Å². The molecule has 0 amide bonds. The summed E-state index contributed by atoms with van der Waals surface area (Å²) < 4.78 is 5.99. The van der Waals surface area contributed by atoms with Crippen molar-refractivity contribution in [1.29, 1.82) is 0 Å². The Hall–Kier alpha value is -4.74. The third-order valence-electron chi connectivity index (χ3n) is 6.71. The molecule has 0 saturated heterocycles. The molecule has 2 aromatic heterocycles. The molecule has 0 spiro atoms. The number of nitrogens with zero attached hydrogens (tertiary/aromatic N) is 3. The minimum Gasteiger partial charge on any atom is -0.436 e. The van der Waals surface area contributed by atoms with Crippen molar-refractivity contribution >= 4 is 45.3 Å². The van der Waals surface area contributed by atoms with E-state index in [1.807, 2.05) is 72.8 Å². The fourth-order valence-corrected chi connectivity index (χ4v) is 5.07. The molecule has 1 aliphatic heterocycles. The zero-order valence-corrected chi connectivity index (χ0v) is 20.9. The Morgan fingerprint density at radius 2 is 1.45 bits per heavy atom. The van der Waals surface area contributed by atoms with Crippen LogP contribution in [-0.2, 0) is 0 Å². The zero-order chi connectivity index (χ0) is 25.5. The number of fused-ring (bicyclic) bond motifs is 3. The number of hydrogen-bond donors (Lipinski definition) is 1. The highest BCUT2D eigenvalue weighted by atomic mass is 35.5. The fraction of sp³-hybridized carbons (Fsp3) is 0.0312. The number of para-hydroxylation sites is 1. The lowest BCUT2D eigenvalue weighted by Gasteiger charge is -2.23. The summed E-state index contributed by atoms with van der Waals surface area (Å²) in [4.78, 5) is 14.3. The minimum atomic E-state index is -0.236. The molecule has 6 aromatic rings. The van der Waals surface area contributed by atoms with E-state index in [2.05, 4.69) is 46.7 Å². The monoisotopic (exact) mass is 512 g/mol. The lowest BCUT2D eigenvalue weighted by molar-refractivity contribution is 0.654. The maximum atomic E-state index is 6.39. The Bertz CT molecular complexity index is 1840. The van der Waals surface area contributed by atoms with Crippen LogP contribution < -0.4 is 5.32 Å². The molecule has 7 rings (SSSR count). The van der Waals surface area contributed by atoms with Gasteiger partial charge in [-0.3, -0.25) is 0 Å². The topological polar surface area (TPSA) is 62.8 Å². The average molecular weight is 513 g/mol. The molecule has 4 aromatic carbocycles. The van der Waals surface area contributed by atoms with E-state index in [1.54, 1.807) is 6.20 Å². The van der Waals surface area contributed by atoms with E-state index < -0.39 is 0 Å². The van der Waals surface area contributed by atoms with Gasteiger partial charge in [0.1, 0.15) is 12.0 Å². The summed E-state index contributed by atoms with van der Waals surface area (Å²) >= 11 is 6.39. The van der Waals surface area contributed by atoms with Crippen LogP contribution in [0.15, 0.2) is 130 Å². The number of halogens is 1. The molecule has 0 radical (unpaired) electrons. The van der Waals surface area contributed by atoms with Crippen LogP contribution in [0.3, 0.4) is 0 Å². The van der Waals surface area contributed by atoms with Crippen molar-refractivity contribution in [2.75, 3.05) is 0 Å². The van der Waals surface area contributed by atoms with Gasteiger partial charge in [0.05, 0.1) is 10.4 Å². The largest absolute Gasteiger partial charge is 0.436 e. The van der Waals surface area contributed by atoms with Gasteiger partial charge in [-0.25, -0.2) is 15.0 Å². The molecule has 3 heterocycles. The standard InChI is InChI=1S/C32H21ClN4O/c33-26-13-7-12-25-27-24(18-19-34-32(27)38-28(25)26)20-14-16-23(17-15-20)31-36-29(21-8-3-1-4-9-21)35-30(37-31)22-10-5-2-6-11-22/h1-19,29H,(H,35,36,37). The van der Waals surface area contributed by atoms with Crippen LogP contribution in [0, 0.1) is 0 Å². The van der Waals surface area contributed by atoms with E-state index in [-0.39, 0.29) is 6.17 Å². The zero-order valence-electron chi connectivity index (χ0n) is 20.2. The molecule has 0 fully saturated rings. The summed E-state index contributed by atoms with van der Waals surface area (Å²) in [5.74, 6) is 1.48. The molecule has 5 nitrogen and oxygen atoms in total. The summed E-state index contributed by atoms with van der Waals surface area (Å²) in [6, 6.07) is 36.4. The van der Waals surface area contributed by atoms with Crippen molar-refractivity contribution in [3.63, 3.8) is 0 Å². The molecule has 6 heteroatoms. The number of pyridine rings is 1. The summed E-state index contributed by atoms with van der Waals surface area (Å²) in [6.07, 6.45) is 1.53. The van der Waals surface area contributed by atoms with Crippen molar-refractivity contribution in [2.45, 2.75) is 6.17 Å². The first-order chi connectivity index (χ1) is 18.7. The van der Waals surface area contributed by atoms with Crippen LogP contribution in [0.4, 0.5) is 0 Å². The molecule has 1 unspecified atom stereocenters. The summed E-state index contributed by atoms with van der Waals surface area (Å²) in [6.45, 7) is 0. The maximum Gasteiger partial charge on any atom is 0.227 e. The first-order valence-corrected chi connectivity index (χ1v) is 12.7. The molecule has 1 N–H and O–H groups in total. The molecule has 38 heavy (non-hydrogen) atoms. The summed E-state index contributed by atoms with van der Waals surface area (Å²) in [5, 5.41) is 6.00. The van der Waals surface area contributed by atoms with Crippen LogP contribution >= 0.6 is 11.6 Å². The van der Waals surface area contributed by atoms with Gasteiger partial charge in [0.2, 0.25) is 5.71 Å². The highest BCUT2D eigenvalue weighted by Gasteiger charge is 2.21. The lowest BCUT2D eigenvalue weighted by Crippen LogP contribution is -2.33. The van der Waals surface area contributed by atoms with E-state index >= 15 is 0 Å². The number of furan rings is 1. The van der Waals surface area contributed by atoms with Crippen molar-refractivity contribution in [3.8, 4) is 11.1 Å². The quantitative estimate of drug-likeness (QED) is 0.262. The first kappa shape index (κ1) is 22.5. The predicted octanol–water partition coefficient (Wildman–Crippen LogP) is 7.80. The van der Waals surface area contributed by atoms with Gasteiger partial charge in [-0.2, -0.15) is 0 Å². The Kier molecular flexibility index (Phi) is 5.49. The molecular weight excluding hydrogens is 492 g/mol. The van der Waals surface area contributed by atoms with E-state index in [9.17, 15) is 0 Å². The fourth-order valence-electron chi connectivity index (χ4n) is 4.85. The second kappa shape index (κ2) is 9.29. The highest BCUT2D eigenvalue weighted by Crippen LogP contribution is 2.38. The van der Waals surface area contributed by atoms with Gasteiger partial charge in [-0.1, -0.05) is 109 Å². The van der Waals surface area contributed by atoms with Crippen LogP contribution in [0.25, 0.3) is 33.2 Å². The first-order valence-electron chi connectivity index (χ1n) is 12.3. The van der Waals surface area contributed by atoms with Crippen LogP contribution in [0.5, 0.6) is 0 Å². The number of rotatable bonds is 4. The Balaban J connectivity index is 1.29. The van der Waals surface area contributed by atoms with Gasteiger partial charge in [0.25, 0.3) is 0 Å². The van der Waals surface area contributed by atoms with Crippen molar-refractivity contribution < 1.29 is 4.42 Å². The third kappa shape index (κ3) is 3.94. The molecule has 0 bridgehead atoms. The Labute approximate surface area is 224 Å². The summed E-state index contributed by atoms with van der Waals surface area (Å²) in [7, 11) is 0. The Morgan fingerprint density at radius 3 is 2.24 bits per heavy atom. The molecule has 1 aliphatic rings. The van der Waals surface area contributed by atoms with E-state index in [1.165, 1.54) is 0 Å². The van der Waals surface area contributed by atoms with E-state index in [4.69, 9.17) is 26.0 Å². The Morgan fingerprint density at radius 1 is 0.711 bits per heavy atom. The summed E-state index contributed by atoms with van der Waals surface area (Å²) in [5.41, 5.74) is 6.35. The maximum absolute atomic E-state index is 6.39. The number of hydrogen-bond acceptors (Lipinski definition) is 5. The van der Waals surface area contributed by atoms with Crippen LogP contribution in [-0.4, -0.2) is 16.7 Å². The number of benzene rings is 4. The van der Waals surface area contributed by atoms with Gasteiger partial charge in [-0.05, 0) is 28.8 Å². The second-order valence-electron chi connectivity index (χ2n) is 9.07. The number of aromatic nitrogens is 1. The molecular formula is C32H21ClN4O. The molecule has 1 atom stereocenters. The van der Waals surface area contributed by atoms with Crippen LogP contribution in [0.1, 0.15) is 22.9 Å². The van der Waals surface area contributed by atoms with Gasteiger partial charge in [-0.15, -0.1) is 0 Å². The second-order valence-corrected chi connectivity index (χ2v) is 9.48. The van der Waals surface area contributed by atoms with E-state index in [0.29, 0.717) is 22.2 Å². The smallest absolute Gasteiger partial charge is 0.227 e. The van der Waals surface area contributed by atoms with Gasteiger partial charge < -0.3 is 9.73 Å². The normalized spacial score (nSPS) is 15.2. The van der Waals surface area contributed by atoms with Crippen molar-refractivity contribution in [1.82, 2.24) is 10.3 Å². The number of nitrogens with one attached hydrogen (secondary N) is 1.